The highest BCUT2D eigenvalue weighted by atomic mass is 35.5. The fourth-order valence-corrected chi connectivity index (χ4v) is 2.14. The highest BCUT2D eigenvalue weighted by Crippen LogP contribution is 2.13. The zero-order valence-corrected chi connectivity index (χ0v) is 10.3. The smallest absolute Gasteiger partial charge is 0.193 e. The lowest BCUT2D eigenvalue weighted by Crippen LogP contribution is -2.31. The maximum absolute atomic E-state index is 8.87. The van der Waals surface area contributed by atoms with Crippen LogP contribution in [0, 0.1) is 0 Å². The summed E-state index contributed by atoms with van der Waals surface area (Å²) in [6.45, 7) is 0.856. The minimum Gasteiger partial charge on any atom is -0.448 e. The summed E-state index contributed by atoms with van der Waals surface area (Å²) in [5, 5.41) is 12.6. The van der Waals surface area contributed by atoms with Crippen LogP contribution in [0.3, 0.4) is 0 Å². The second kappa shape index (κ2) is 7.17. The molecule has 0 amide bonds. The molecule has 0 spiro atoms. The summed E-state index contributed by atoms with van der Waals surface area (Å²) in [7, 11) is 0. The Balaban J connectivity index is 2.32. The molecule has 0 saturated carbocycles. The molecule has 5 heteroatoms. The third kappa shape index (κ3) is 4.93. The Hall–Kier alpha value is -0.160. The van der Waals surface area contributed by atoms with Crippen molar-refractivity contribution in [2.75, 3.05) is 18.6 Å². The van der Waals surface area contributed by atoms with Gasteiger partial charge in [0.15, 0.2) is 5.22 Å². The molecular formula is C10H16ClNO2S. The number of aliphatic hydroxyl groups is 1. The molecule has 0 aromatic carbocycles. The first kappa shape index (κ1) is 12.9. The van der Waals surface area contributed by atoms with Crippen molar-refractivity contribution < 1.29 is 9.52 Å². The van der Waals surface area contributed by atoms with Crippen LogP contribution in [0.4, 0.5) is 0 Å². The van der Waals surface area contributed by atoms with Crippen molar-refractivity contribution in [3.05, 3.63) is 23.1 Å². The van der Waals surface area contributed by atoms with Crippen LogP contribution in [-0.2, 0) is 6.54 Å². The standard InChI is InChI=1S/C10H16ClNO2S/c1-15-7-8(4-5-13)12-6-9-2-3-10(11)14-9/h2-3,8,12-13H,4-7H2,1H3. The minimum atomic E-state index is 0.205. The van der Waals surface area contributed by atoms with Crippen LogP contribution in [0.25, 0.3) is 0 Å². The Bertz CT molecular complexity index is 274. The Morgan fingerprint density at radius 1 is 1.60 bits per heavy atom. The molecule has 1 rings (SSSR count). The second-order valence-corrected chi connectivity index (χ2v) is 4.53. The summed E-state index contributed by atoms with van der Waals surface area (Å²) in [5.74, 6) is 1.80. The van der Waals surface area contributed by atoms with Crippen LogP contribution in [-0.4, -0.2) is 29.8 Å². The van der Waals surface area contributed by atoms with Gasteiger partial charge in [-0.1, -0.05) is 0 Å². The fraction of sp³-hybridized carbons (Fsp3) is 0.600. The second-order valence-electron chi connectivity index (χ2n) is 3.25. The summed E-state index contributed by atoms with van der Waals surface area (Å²) in [4.78, 5) is 0. The summed E-state index contributed by atoms with van der Waals surface area (Å²) >= 11 is 7.42. The zero-order chi connectivity index (χ0) is 11.1. The van der Waals surface area contributed by atoms with Gasteiger partial charge < -0.3 is 14.8 Å². The van der Waals surface area contributed by atoms with E-state index in [1.165, 1.54) is 0 Å². The van der Waals surface area contributed by atoms with Gasteiger partial charge in [-0.25, -0.2) is 0 Å². The predicted molar refractivity (Wildman–Crippen MR) is 64.4 cm³/mol. The van der Waals surface area contributed by atoms with Crippen LogP contribution in [0.5, 0.6) is 0 Å². The molecule has 0 fully saturated rings. The van der Waals surface area contributed by atoms with Gasteiger partial charge in [0.1, 0.15) is 5.76 Å². The number of aliphatic hydroxyl groups excluding tert-OH is 1. The van der Waals surface area contributed by atoms with E-state index in [1.54, 1.807) is 17.8 Å². The van der Waals surface area contributed by atoms with Gasteiger partial charge in [-0.2, -0.15) is 11.8 Å². The molecule has 1 aromatic rings. The normalized spacial score (nSPS) is 13.0. The summed E-state index contributed by atoms with van der Waals surface area (Å²) in [5.41, 5.74) is 0. The summed E-state index contributed by atoms with van der Waals surface area (Å²) in [6.07, 6.45) is 2.81. The molecule has 0 aliphatic heterocycles. The number of furan rings is 1. The summed E-state index contributed by atoms with van der Waals surface area (Å²) < 4.78 is 5.22. The monoisotopic (exact) mass is 249 g/mol. The lowest BCUT2D eigenvalue weighted by molar-refractivity contribution is 0.268. The first-order valence-corrected chi connectivity index (χ1v) is 6.61. The van der Waals surface area contributed by atoms with E-state index in [0.29, 0.717) is 17.8 Å². The molecule has 15 heavy (non-hydrogen) atoms. The molecule has 3 nitrogen and oxygen atoms in total. The van der Waals surface area contributed by atoms with Gasteiger partial charge in [0.2, 0.25) is 0 Å². The number of thioether (sulfide) groups is 1. The van der Waals surface area contributed by atoms with Crippen molar-refractivity contribution in [2.24, 2.45) is 0 Å². The van der Waals surface area contributed by atoms with Crippen molar-refractivity contribution in [1.29, 1.82) is 0 Å². The number of rotatable bonds is 7. The molecular weight excluding hydrogens is 234 g/mol. The number of hydrogen-bond donors (Lipinski definition) is 2. The molecule has 86 valence electrons. The van der Waals surface area contributed by atoms with Crippen molar-refractivity contribution in [2.45, 2.75) is 19.0 Å². The zero-order valence-electron chi connectivity index (χ0n) is 8.70. The van der Waals surface area contributed by atoms with Crippen molar-refractivity contribution in [3.63, 3.8) is 0 Å². The number of halogens is 1. The van der Waals surface area contributed by atoms with Crippen LogP contribution in [0.2, 0.25) is 5.22 Å². The van der Waals surface area contributed by atoms with Gasteiger partial charge in [0, 0.05) is 18.4 Å². The van der Waals surface area contributed by atoms with Crippen LogP contribution >= 0.6 is 23.4 Å². The van der Waals surface area contributed by atoms with Crippen molar-refractivity contribution in [3.8, 4) is 0 Å². The number of nitrogens with one attached hydrogen (secondary N) is 1. The highest BCUT2D eigenvalue weighted by molar-refractivity contribution is 7.98. The lowest BCUT2D eigenvalue weighted by Gasteiger charge is -2.15. The van der Waals surface area contributed by atoms with E-state index in [4.69, 9.17) is 21.1 Å². The van der Waals surface area contributed by atoms with Crippen LogP contribution in [0.15, 0.2) is 16.5 Å². The highest BCUT2D eigenvalue weighted by Gasteiger charge is 2.07. The SMILES string of the molecule is CSCC(CCO)NCc1ccc(Cl)o1. The molecule has 0 bridgehead atoms. The molecule has 0 saturated heterocycles. The van der Waals surface area contributed by atoms with Crippen molar-refractivity contribution >= 4 is 23.4 Å². The predicted octanol–water partition coefficient (Wildman–Crippen LogP) is 2.14. The van der Waals surface area contributed by atoms with E-state index < -0.39 is 0 Å². The van der Waals surface area contributed by atoms with Crippen LogP contribution < -0.4 is 5.32 Å². The van der Waals surface area contributed by atoms with Crippen molar-refractivity contribution in [1.82, 2.24) is 5.32 Å². The molecule has 1 atom stereocenters. The van der Waals surface area contributed by atoms with E-state index in [2.05, 4.69) is 11.6 Å². The Morgan fingerprint density at radius 3 is 2.93 bits per heavy atom. The number of hydrogen-bond acceptors (Lipinski definition) is 4. The Morgan fingerprint density at radius 2 is 2.40 bits per heavy atom. The minimum absolute atomic E-state index is 0.205. The molecule has 1 aromatic heterocycles. The first-order chi connectivity index (χ1) is 7.26. The Kier molecular flexibility index (Phi) is 6.17. The Labute approximate surface area is 99.2 Å². The van der Waals surface area contributed by atoms with E-state index >= 15 is 0 Å². The van der Waals surface area contributed by atoms with E-state index in [0.717, 1.165) is 17.9 Å². The average molecular weight is 250 g/mol. The molecule has 2 N–H and O–H groups in total. The van der Waals surface area contributed by atoms with Crippen LogP contribution in [0.1, 0.15) is 12.2 Å². The quantitative estimate of drug-likeness (QED) is 0.777. The first-order valence-electron chi connectivity index (χ1n) is 4.83. The topological polar surface area (TPSA) is 45.4 Å². The average Bonchev–Trinajstić information content (AvgIpc) is 2.61. The van der Waals surface area contributed by atoms with Gasteiger partial charge in [-0.15, -0.1) is 0 Å². The maximum Gasteiger partial charge on any atom is 0.193 e. The molecule has 0 aliphatic rings. The van der Waals surface area contributed by atoms with Gasteiger partial charge in [0.25, 0.3) is 0 Å². The molecule has 1 heterocycles. The van der Waals surface area contributed by atoms with Gasteiger partial charge in [0.05, 0.1) is 6.54 Å². The van der Waals surface area contributed by atoms with Gasteiger partial charge in [-0.3, -0.25) is 0 Å². The molecule has 1 unspecified atom stereocenters. The van der Waals surface area contributed by atoms with Gasteiger partial charge in [-0.05, 0) is 36.4 Å². The largest absolute Gasteiger partial charge is 0.448 e. The summed E-state index contributed by atoms with van der Waals surface area (Å²) in [6, 6.07) is 3.90. The van der Waals surface area contributed by atoms with E-state index in [9.17, 15) is 0 Å². The fourth-order valence-electron chi connectivity index (χ4n) is 1.29. The third-order valence-electron chi connectivity index (χ3n) is 2.04. The maximum atomic E-state index is 8.87. The molecule has 0 radical (unpaired) electrons. The third-order valence-corrected chi connectivity index (χ3v) is 2.98. The van der Waals surface area contributed by atoms with E-state index in [-0.39, 0.29) is 6.61 Å². The lowest BCUT2D eigenvalue weighted by atomic mass is 10.2. The van der Waals surface area contributed by atoms with Gasteiger partial charge >= 0.3 is 0 Å². The van der Waals surface area contributed by atoms with E-state index in [1.807, 2.05) is 6.07 Å². The molecule has 0 aliphatic carbocycles.